The average molecular weight is 317 g/mol. The van der Waals surface area contributed by atoms with Gasteiger partial charge in [0.1, 0.15) is 5.01 Å². The number of aliphatic carboxylic acids is 1. The van der Waals surface area contributed by atoms with Crippen LogP contribution in [0.15, 0.2) is 0 Å². The fourth-order valence-electron chi connectivity index (χ4n) is 1.79. The molecule has 2 rings (SSSR count). The van der Waals surface area contributed by atoms with Gasteiger partial charge >= 0.3 is 5.97 Å². The van der Waals surface area contributed by atoms with E-state index in [-0.39, 0.29) is 10.2 Å². The summed E-state index contributed by atoms with van der Waals surface area (Å²) in [6, 6.07) is 0. The van der Waals surface area contributed by atoms with Gasteiger partial charge in [0.2, 0.25) is 0 Å². The standard InChI is InChI=1S/C9H8ClF3N2O3S/c1-7(3-8(11,12)9(7,10)13)5-14-15-6(19-5)18-2-4(16)17/h2-3H2,1H3,(H,16,17). The van der Waals surface area contributed by atoms with E-state index in [4.69, 9.17) is 21.4 Å². The normalized spacial score (nSPS) is 32.7. The number of nitrogens with zero attached hydrogens (tertiary/aromatic N) is 2. The maximum absolute atomic E-state index is 13.9. The lowest BCUT2D eigenvalue weighted by atomic mass is 9.65. The second-order valence-corrected chi connectivity index (χ2v) is 5.80. The van der Waals surface area contributed by atoms with Crippen LogP contribution in [0.5, 0.6) is 5.19 Å². The molecule has 0 saturated heterocycles. The highest BCUT2D eigenvalue weighted by Gasteiger charge is 2.77. The molecule has 0 aromatic carbocycles. The third-order valence-electron chi connectivity index (χ3n) is 2.93. The first kappa shape index (κ1) is 14.3. The molecule has 1 saturated carbocycles. The molecule has 0 bridgehead atoms. The van der Waals surface area contributed by atoms with Crippen LogP contribution in [0, 0.1) is 0 Å². The smallest absolute Gasteiger partial charge is 0.341 e. The van der Waals surface area contributed by atoms with Crippen molar-refractivity contribution in [1.82, 2.24) is 10.2 Å². The lowest BCUT2D eigenvalue weighted by molar-refractivity contribution is -0.217. The molecule has 1 heterocycles. The van der Waals surface area contributed by atoms with Gasteiger partial charge in [-0.05, 0) is 6.92 Å². The SMILES string of the molecule is CC1(c2nnc(OCC(=O)O)s2)CC(F)(F)C1(F)Cl. The number of aromatic nitrogens is 2. The quantitative estimate of drug-likeness (QED) is 0.862. The van der Waals surface area contributed by atoms with Crippen LogP contribution in [0.25, 0.3) is 0 Å². The molecule has 19 heavy (non-hydrogen) atoms. The van der Waals surface area contributed by atoms with E-state index in [2.05, 4.69) is 10.2 Å². The lowest BCUT2D eigenvalue weighted by Gasteiger charge is -2.52. The Morgan fingerprint density at radius 3 is 2.63 bits per heavy atom. The molecule has 1 N–H and O–H groups in total. The first-order valence-electron chi connectivity index (χ1n) is 5.04. The summed E-state index contributed by atoms with van der Waals surface area (Å²) in [7, 11) is 0. The Morgan fingerprint density at radius 1 is 1.53 bits per heavy atom. The van der Waals surface area contributed by atoms with Crippen molar-refractivity contribution < 1.29 is 27.8 Å². The summed E-state index contributed by atoms with van der Waals surface area (Å²) in [5.41, 5.74) is -1.68. The van der Waals surface area contributed by atoms with Crippen molar-refractivity contribution in [2.45, 2.75) is 29.8 Å². The van der Waals surface area contributed by atoms with Gasteiger partial charge in [0, 0.05) is 6.42 Å². The third kappa shape index (κ3) is 2.04. The molecule has 1 aromatic rings. The van der Waals surface area contributed by atoms with Crippen molar-refractivity contribution in [2.75, 3.05) is 6.61 Å². The van der Waals surface area contributed by atoms with E-state index in [9.17, 15) is 18.0 Å². The predicted molar refractivity (Wildman–Crippen MR) is 59.6 cm³/mol. The molecule has 106 valence electrons. The van der Waals surface area contributed by atoms with Crippen LogP contribution in [0.1, 0.15) is 18.4 Å². The van der Waals surface area contributed by atoms with Gasteiger partial charge in [-0.3, -0.25) is 0 Å². The largest absolute Gasteiger partial charge is 0.479 e. The van der Waals surface area contributed by atoms with E-state index < -0.39 is 35.5 Å². The maximum Gasteiger partial charge on any atom is 0.341 e. The minimum absolute atomic E-state index is 0.0590. The van der Waals surface area contributed by atoms with Crippen LogP contribution >= 0.6 is 22.9 Å². The molecule has 10 heteroatoms. The van der Waals surface area contributed by atoms with Crippen LogP contribution in [-0.2, 0) is 10.2 Å². The molecule has 1 aromatic heterocycles. The molecule has 1 aliphatic carbocycles. The van der Waals surface area contributed by atoms with E-state index in [0.717, 1.165) is 0 Å². The highest BCUT2D eigenvalue weighted by atomic mass is 35.5. The third-order valence-corrected chi connectivity index (χ3v) is 4.72. The summed E-state index contributed by atoms with van der Waals surface area (Å²) in [6.45, 7) is 0.558. The fourth-order valence-corrected chi connectivity index (χ4v) is 2.95. The molecular weight excluding hydrogens is 309 g/mol. The van der Waals surface area contributed by atoms with Gasteiger partial charge in [-0.25, -0.2) is 18.0 Å². The van der Waals surface area contributed by atoms with Gasteiger partial charge in [-0.2, -0.15) is 0 Å². The first-order valence-corrected chi connectivity index (χ1v) is 6.24. The highest BCUT2D eigenvalue weighted by Crippen LogP contribution is 2.65. The minimum Gasteiger partial charge on any atom is -0.479 e. The molecular formula is C9H8ClF3N2O3S. The van der Waals surface area contributed by atoms with Crippen molar-refractivity contribution in [2.24, 2.45) is 0 Å². The molecule has 0 radical (unpaired) electrons. The zero-order valence-electron chi connectivity index (χ0n) is 9.49. The summed E-state index contributed by atoms with van der Waals surface area (Å²) in [4.78, 5) is 10.3. The minimum atomic E-state index is -3.64. The van der Waals surface area contributed by atoms with Gasteiger partial charge in [-0.1, -0.05) is 22.9 Å². The first-order chi connectivity index (χ1) is 8.60. The Labute approximate surface area is 114 Å². The number of hydrogen-bond donors (Lipinski definition) is 1. The van der Waals surface area contributed by atoms with Crippen molar-refractivity contribution in [3.8, 4) is 5.19 Å². The van der Waals surface area contributed by atoms with Crippen LogP contribution in [0.4, 0.5) is 13.2 Å². The number of carboxylic acids is 1. The molecule has 5 nitrogen and oxygen atoms in total. The van der Waals surface area contributed by atoms with E-state index in [0.29, 0.717) is 11.3 Å². The summed E-state index contributed by atoms with van der Waals surface area (Å²) in [5.74, 6) is -4.87. The van der Waals surface area contributed by atoms with Crippen molar-refractivity contribution in [3.63, 3.8) is 0 Å². The molecule has 0 amide bonds. The van der Waals surface area contributed by atoms with Gasteiger partial charge in [0.05, 0.1) is 5.41 Å². The Bertz CT molecular complexity index is 525. The summed E-state index contributed by atoms with van der Waals surface area (Å²) < 4.78 is 44.8. The number of ether oxygens (including phenoxy) is 1. The molecule has 1 fully saturated rings. The molecule has 0 aliphatic heterocycles. The Hall–Kier alpha value is -1.09. The van der Waals surface area contributed by atoms with Gasteiger partial charge in [-0.15, -0.1) is 10.2 Å². The Kier molecular flexibility index (Phi) is 3.17. The number of carboxylic acid groups (broad SMARTS) is 1. The molecule has 0 spiro atoms. The monoisotopic (exact) mass is 316 g/mol. The van der Waals surface area contributed by atoms with E-state index in [1.54, 1.807) is 0 Å². The number of carbonyl (C=O) groups is 1. The predicted octanol–water partition coefficient (Wildman–Crippen LogP) is 2.20. The number of rotatable bonds is 4. The molecule has 2 unspecified atom stereocenters. The molecule has 1 aliphatic rings. The van der Waals surface area contributed by atoms with Crippen molar-refractivity contribution >= 4 is 28.9 Å². The van der Waals surface area contributed by atoms with Crippen molar-refractivity contribution in [1.29, 1.82) is 0 Å². The van der Waals surface area contributed by atoms with E-state index >= 15 is 0 Å². The second-order valence-electron chi connectivity index (χ2n) is 4.34. The Morgan fingerprint density at radius 2 is 2.16 bits per heavy atom. The highest BCUT2D eigenvalue weighted by molar-refractivity contribution is 7.13. The topological polar surface area (TPSA) is 72.3 Å². The maximum atomic E-state index is 13.9. The van der Waals surface area contributed by atoms with Gasteiger partial charge < -0.3 is 9.84 Å². The zero-order valence-corrected chi connectivity index (χ0v) is 11.1. The van der Waals surface area contributed by atoms with Crippen LogP contribution in [-0.4, -0.2) is 38.9 Å². The van der Waals surface area contributed by atoms with Crippen LogP contribution in [0.3, 0.4) is 0 Å². The zero-order chi connectivity index (χ0) is 14.5. The summed E-state index contributed by atoms with van der Waals surface area (Å²) in [6.07, 6.45) is -0.798. The lowest BCUT2D eigenvalue weighted by Crippen LogP contribution is -2.67. The number of halogens is 4. The summed E-state index contributed by atoms with van der Waals surface area (Å²) in [5, 5.41) is 12.0. The van der Waals surface area contributed by atoms with Gasteiger partial charge in [0.15, 0.2) is 6.61 Å². The van der Waals surface area contributed by atoms with E-state index in [1.165, 1.54) is 6.92 Å². The average Bonchev–Trinajstić information content (AvgIpc) is 2.74. The Balaban J connectivity index is 2.18. The second kappa shape index (κ2) is 4.20. The van der Waals surface area contributed by atoms with Crippen LogP contribution in [0.2, 0.25) is 0 Å². The van der Waals surface area contributed by atoms with Crippen molar-refractivity contribution in [3.05, 3.63) is 5.01 Å². The van der Waals surface area contributed by atoms with E-state index in [1.807, 2.05) is 0 Å². The van der Waals surface area contributed by atoms with Crippen LogP contribution < -0.4 is 4.74 Å². The van der Waals surface area contributed by atoms with Gasteiger partial charge in [0.25, 0.3) is 16.2 Å². The number of alkyl halides is 4. The summed E-state index contributed by atoms with van der Waals surface area (Å²) >= 11 is 5.96. The fraction of sp³-hybridized carbons (Fsp3) is 0.667. The number of hydrogen-bond acceptors (Lipinski definition) is 5. The molecule has 2 atom stereocenters.